The van der Waals surface area contributed by atoms with Gasteiger partial charge in [0.25, 0.3) is 0 Å². The number of aliphatic hydroxyl groups is 1. The lowest BCUT2D eigenvalue weighted by Crippen LogP contribution is -2.18. The van der Waals surface area contributed by atoms with Gasteiger partial charge in [-0.25, -0.2) is 13.4 Å². The molecule has 1 fully saturated rings. The maximum absolute atomic E-state index is 11.7. The molecule has 2 unspecified atom stereocenters. The summed E-state index contributed by atoms with van der Waals surface area (Å²) in [7, 11) is -2.88. The van der Waals surface area contributed by atoms with E-state index in [1.165, 1.54) is 11.3 Å². The smallest absolute Gasteiger partial charge is 0.153 e. The van der Waals surface area contributed by atoms with Crippen molar-refractivity contribution in [2.45, 2.75) is 44.0 Å². The molecule has 0 aromatic carbocycles. The topological polar surface area (TPSA) is 67.3 Å². The molecule has 1 saturated heterocycles. The fourth-order valence-electron chi connectivity index (χ4n) is 2.11. The summed E-state index contributed by atoms with van der Waals surface area (Å²) >= 11 is 1.51. The molecule has 1 aliphatic heterocycles. The summed E-state index contributed by atoms with van der Waals surface area (Å²) < 4.78 is 23.4. The zero-order valence-corrected chi connectivity index (χ0v) is 11.4. The van der Waals surface area contributed by atoms with Crippen molar-refractivity contribution in [3.63, 3.8) is 0 Å². The first-order valence-corrected chi connectivity index (χ1v) is 8.34. The largest absolute Gasteiger partial charge is 0.393 e. The minimum Gasteiger partial charge on any atom is -0.393 e. The second-order valence-corrected chi connectivity index (χ2v) is 8.21. The Morgan fingerprint density at radius 2 is 2.41 bits per heavy atom. The molecule has 2 atom stereocenters. The third kappa shape index (κ3) is 3.26. The van der Waals surface area contributed by atoms with Crippen LogP contribution in [0.3, 0.4) is 0 Å². The van der Waals surface area contributed by atoms with E-state index in [2.05, 4.69) is 4.98 Å². The van der Waals surface area contributed by atoms with Crippen LogP contribution in [0.5, 0.6) is 0 Å². The van der Waals surface area contributed by atoms with Crippen molar-refractivity contribution in [2.75, 3.05) is 5.75 Å². The number of hydrogen-bond acceptors (Lipinski definition) is 5. The van der Waals surface area contributed by atoms with Crippen molar-refractivity contribution >= 4 is 21.2 Å². The highest BCUT2D eigenvalue weighted by Gasteiger charge is 2.31. The number of rotatable bonds is 4. The predicted molar refractivity (Wildman–Crippen MR) is 68.0 cm³/mol. The van der Waals surface area contributed by atoms with Crippen molar-refractivity contribution < 1.29 is 13.5 Å². The van der Waals surface area contributed by atoms with Crippen LogP contribution in [0.15, 0.2) is 6.20 Å². The van der Waals surface area contributed by atoms with E-state index in [0.29, 0.717) is 18.6 Å². The number of aliphatic hydroxyl groups excluding tert-OH is 1. The number of hydrogen-bond donors (Lipinski definition) is 1. The molecule has 0 amide bonds. The Morgan fingerprint density at radius 1 is 1.65 bits per heavy atom. The van der Waals surface area contributed by atoms with Gasteiger partial charge in [-0.2, -0.15) is 0 Å². The summed E-state index contributed by atoms with van der Waals surface area (Å²) in [6, 6.07) is 0. The summed E-state index contributed by atoms with van der Waals surface area (Å²) in [4.78, 5) is 5.26. The van der Waals surface area contributed by atoms with Gasteiger partial charge in [-0.05, 0) is 19.8 Å². The number of aromatic nitrogens is 1. The van der Waals surface area contributed by atoms with Crippen molar-refractivity contribution in [1.82, 2.24) is 4.98 Å². The van der Waals surface area contributed by atoms with E-state index in [1.807, 2.05) is 0 Å². The quantitative estimate of drug-likeness (QED) is 0.896. The van der Waals surface area contributed by atoms with E-state index in [4.69, 9.17) is 0 Å². The predicted octanol–water partition coefficient (Wildman–Crippen LogP) is 1.19. The van der Waals surface area contributed by atoms with Crippen LogP contribution in [-0.4, -0.2) is 35.6 Å². The number of nitrogens with zero attached hydrogens (tertiary/aromatic N) is 1. The van der Waals surface area contributed by atoms with Crippen molar-refractivity contribution in [3.8, 4) is 0 Å². The van der Waals surface area contributed by atoms with Crippen molar-refractivity contribution in [2.24, 2.45) is 0 Å². The average Bonchev–Trinajstić information content (AvgIpc) is 2.75. The molecule has 96 valence electrons. The Labute approximate surface area is 106 Å². The van der Waals surface area contributed by atoms with Crippen LogP contribution in [0.25, 0.3) is 0 Å². The zero-order valence-electron chi connectivity index (χ0n) is 9.80. The molecule has 1 N–H and O–H groups in total. The Morgan fingerprint density at radius 3 is 3.00 bits per heavy atom. The van der Waals surface area contributed by atoms with E-state index in [0.717, 1.165) is 22.7 Å². The lowest BCUT2D eigenvalue weighted by molar-refractivity contribution is 0.196. The standard InChI is InChI=1S/C11H17NO3S2/c1-8(13)5-9-7-12-11(16-9)6-10-3-2-4-17(10,14)15/h7-8,10,13H,2-6H2,1H3. The first kappa shape index (κ1) is 13.0. The summed E-state index contributed by atoms with van der Waals surface area (Å²) in [5, 5.41) is 9.89. The molecule has 6 heteroatoms. The number of sulfone groups is 1. The van der Waals surface area contributed by atoms with E-state index >= 15 is 0 Å². The molecule has 0 aliphatic carbocycles. The maximum Gasteiger partial charge on any atom is 0.153 e. The number of thiazole rings is 1. The van der Waals surface area contributed by atoms with Gasteiger partial charge in [-0.15, -0.1) is 11.3 Å². The molecule has 17 heavy (non-hydrogen) atoms. The zero-order chi connectivity index (χ0) is 12.5. The molecule has 0 radical (unpaired) electrons. The Balaban J connectivity index is 2.02. The van der Waals surface area contributed by atoms with Crippen molar-refractivity contribution in [3.05, 3.63) is 16.1 Å². The van der Waals surface area contributed by atoms with Gasteiger partial charge >= 0.3 is 0 Å². The van der Waals surface area contributed by atoms with Crippen LogP contribution in [0, 0.1) is 0 Å². The first-order chi connectivity index (χ1) is 7.97. The van der Waals surface area contributed by atoms with Crippen molar-refractivity contribution in [1.29, 1.82) is 0 Å². The molecule has 0 bridgehead atoms. The van der Waals surface area contributed by atoms with Gasteiger partial charge in [-0.3, -0.25) is 0 Å². The molecule has 1 aromatic rings. The molecule has 0 saturated carbocycles. The minimum atomic E-state index is -2.88. The molecule has 1 aliphatic rings. The highest BCUT2D eigenvalue weighted by molar-refractivity contribution is 7.92. The second-order valence-electron chi connectivity index (χ2n) is 4.61. The van der Waals surface area contributed by atoms with Crippen LogP contribution in [0.4, 0.5) is 0 Å². The first-order valence-electron chi connectivity index (χ1n) is 5.80. The minimum absolute atomic E-state index is 0.243. The Hall–Kier alpha value is -0.460. The van der Waals surface area contributed by atoms with E-state index in [-0.39, 0.29) is 11.4 Å². The molecule has 1 aromatic heterocycles. The van der Waals surface area contributed by atoms with Gasteiger partial charge in [-0.1, -0.05) is 0 Å². The van der Waals surface area contributed by atoms with Crippen LogP contribution >= 0.6 is 11.3 Å². The van der Waals surface area contributed by atoms with Crippen LogP contribution in [-0.2, 0) is 22.7 Å². The summed E-state index contributed by atoms with van der Waals surface area (Å²) in [5.41, 5.74) is 0. The molecule has 2 rings (SSSR count). The Bertz CT molecular complexity index is 479. The highest BCUT2D eigenvalue weighted by Crippen LogP contribution is 2.25. The van der Waals surface area contributed by atoms with Gasteiger partial charge in [0.1, 0.15) is 0 Å². The second kappa shape index (κ2) is 5.04. The van der Waals surface area contributed by atoms with E-state index in [9.17, 15) is 13.5 Å². The van der Waals surface area contributed by atoms with Gasteiger partial charge in [0.15, 0.2) is 9.84 Å². The maximum atomic E-state index is 11.7. The lowest BCUT2D eigenvalue weighted by atomic mass is 10.2. The van der Waals surface area contributed by atoms with Crippen LogP contribution in [0.1, 0.15) is 29.7 Å². The normalized spacial score (nSPS) is 24.9. The fourth-order valence-corrected chi connectivity index (χ4v) is 5.18. The summed E-state index contributed by atoms with van der Waals surface area (Å²) in [5.74, 6) is 0.323. The monoisotopic (exact) mass is 275 g/mol. The van der Waals surface area contributed by atoms with Gasteiger partial charge in [0.2, 0.25) is 0 Å². The third-order valence-corrected chi connectivity index (χ3v) is 6.28. The third-order valence-electron chi connectivity index (χ3n) is 2.96. The summed E-state index contributed by atoms with van der Waals surface area (Å²) in [6.45, 7) is 1.74. The lowest BCUT2D eigenvalue weighted by Gasteiger charge is -2.05. The Kier molecular flexibility index (Phi) is 3.85. The molecule has 0 spiro atoms. The van der Waals surface area contributed by atoms with Gasteiger partial charge in [0, 0.05) is 23.9 Å². The molecular weight excluding hydrogens is 258 g/mol. The van der Waals surface area contributed by atoms with Crippen LogP contribution < -0.4 is 0 Å². The highest BCUT2D eigenvalue weighted by atomic mass is 32.2. The SMILES string of the molecule is CC(O)Cc1cnc(CC2CCCS2(=O)=O)s1. The fraction of sp³-hybridized carbons (Fsp3) is 0.727. The molecular formula is C11H17NO3S2. The van der Waals surface area contributed by atoms with Gasteiger partial charge < -0.3 is 5.11 Å². The summed E-state index contributed by atoms with van der Waals surface area (Å²) in [6.07, 6.45) is 4.03. The molecule has 2 heterocycles. The van der Waals surface area contributed by atoms with Crippen LogP contribution in [0.2, 0.25) is 0 Å². The molecule has 4 nitrogen and oxygen atoms in total. The average molecular weight is 275 g/mol. The van der Waals surface area contributed by atoms with E-state index < -0.39 is 9.84 Å². The van der Waals surface area contributed by atoms with Gasteiger partial charge in [0.05, 0.1) is 22.1 Å². The van der Waals surface area contributed by atoms with E-state index in [1.54, 1.807) is 13.1 Å².